The number of carbonyl (C=O) groups excluding carboxylic acids is 2. The zero-order valence-corrected chi connectivity index (χ0v) is 18.0. The number of terminal acetylenes is 1. The number of carbonyl (C=O) groups is 2. The normalized spacial score (nSPS) is 17.8. The zero-order valence-electron chi connectivity index (χ0n) is 16.4. The van der Waals surface area contributed by atoms with Crippen LogP contribution >= 0.6 is 22.9 Å². The van der Waals surface area contributed by atoms with Crippen molar-refractivity contribution in [2.75, 3.05) is 18.5 Å². The summed E-state index contributed by atoms with van der Waals surface area (Å²) in [6.45, 7) is 2.91. The van der Waals surface area contributed by atoms with Crippen LogP contribution in [0.3, 0.4) is 0 Å². The molecule has 0 bridgehead atoms. The van der Waals surface area contributed by atoms with Crippen LogP contribution in [0.5, 0.6) is 0 Å². The van der Waals surface area contributed by atoms with Gasteiger partial charge in [-0.05, 0) is 25.0 Å². The molecule has 8 heteroatoms. The number of hydrogen-bond acceptors (Lipinski definition) is 5. The van der Waals surface area contributed by atoms with E-state index in [0.717, 1.165) is 26.6 Å². The fourth-order valence-electron chi connectivity index (χ4n) is 3.58. The zero-order chi connectivity index (χ0) is 21.3. The van der Waals surface area contributed by atoms with E-state index in [1.54, 1.807) is 11.8 Å². The maximum absolute atomic E-state index is 12.5. The quantitative estimate of drug-likeness (QED) is 0.575. The summed E-state index contributed by atoms with van der Waals surface area (Å²) in [5, 5.41) is 4.33. The molecule has 154 valence electrons. The lowest BCUT2D eigenvalue weighted by Crippen LogP contribution is -2.36. The molecule has 0 radical (unpaired) electrons. The van der Waals surface area contributed by atoms with E-state index in [1.807, 2.05) is 24.3 Å². The number of amides is 2. The van der Waals surface area contributed by atoms with E-state index in [9.17, 15) is 9.59 Å². The number of aliphatic imine (C=N–C) groups is 1. The monoisotopic (exact) mass is 441 g/mol. The van der Waals surface area contributed by atoms with Crippen LogP contribution in [-0.4, -0.2) is 41.8 Å². The number of halogens is 1. The SMILES string of the molecule is C#CCCOC(=O)N1CCc2c(sc3c2C(c2ccccc2Cl)=NC(C)C(=O)N3)C1. The Kier molecular flexibility index (Phi) is 5.80. The van der Waals surface area contributed by atoms with Crippen LogP contribution in [0.4, 0.5) is 9.80 Å². The molecule has 6 nitrogen and oxygen atoms in total. The average Bonchev–Trinajstić information content (AvgIpc) is 3.03. The van der Waals surface area contributed by atoms with Crippen molar-refractivity contribution in [2.45, 2.75) is 32.4 Å². The van der Waals surface area contributed by atoms with Crippen LogP contribution in [0.1, 0.15) is 34.9 Å². The molecule has 30 heavy (non-hydrogen) atoms. The number of hydrogen-bond donors (Lipinski definition) is 1. The Morgan fingerprint density at radius 1 is 1.47 bits per heavy atom. The van der Waals surface area contributed by atoms with Crippen LogP contribution in [0, 0.1) is 12.3 Å². The predicted octanol–water partition coefficient (Wildman–Crippen LogP) is 4.10. The third kappa shape index (κ3) is 3.81. The molecule has 2 aromatic rings. The van der Waals surface area contributed by atoms with Gasteiger partial charge in [0, 0.05) is 34.0 Å². The second kappa shape index (κ2) is 8.50. The summed E-state index contributed by atoms with van der Waals surface area (Å²) in [6, 6.07) is 6.97. The van der Waals surface area contributed by atoms with E-state index >= 15 is 0 Å². The Morgan fingerprint density at radius 2 is 2.27 bits per heavy atom. The first-order valence-corrected chi connectivity index (χ1v) is 10.8. The third-order valence-corrected chi connectivity index (χ3v) is 6.55. The second-order valence-corrected chi connectivity index (χ2v) is 8.58. The minimum Gasteiger partial charge on any atom is -0.448 e. The van der Waals surface area contributed by atoms with Crippen molar-refractivity contribution in [3.8, 4) is 12.3 Å². The first kappa shape index (κ1) is 20.5. The topological polar surface area (TPSA) is 71.0 Å². The number of nitrogens with one attached hydrogen (secondary N) is 1. The highest BCUT2D eigenvalue weighted by molar-refractivity contribution is 7.17. The highest BCUT2D eigenvalue weighted by atomic mass is 35.5. The van der Waals surface area contributed by atoms with Gasteiger partial charge < -0.3 is 15.0 Å². The minimum absolute atomic E-state index is 0.164. The molecule has 0 fully saturated rings. The number of rotatable bonds is 3. The predicted molar refractivity (Wildman–Crippen MR) is 118 cm³/mol. The van der Waals surface area contributed by atoms with Crippen LogP contribution in [0.25, 0.3) is 0 Å². The van der Waals surface area contributed by atoms with Gasteiger partial charge in [-0.1, -0.05) is 29.8 Å². The van der Waals surface area contributed by atoms with Crippen LogP contribution in [-0.2, 0) is 22.5 Å². The molecular formula is C22H20ClN3O3S. The van der Waals surface area contributed by atoms with E-state index in [1.165, 1.54) is 11.3 Å². The van der Waals surface area contributed by atoms with Gasteiger partial charge in [0.25, 0.3) is 0 Å². The average molecular weight is 442 g/mol. The standard InChI is InChI=1S/C22H20ClN3O3S/c1-3-4-11-29-22(28)26-10-9-15-17(12-26)30-21-18(15)19(24-13(2)20(27)25-21)14-7-5-6-8-16(14)23/h1,5-8,13H,4,9-12H2,2H3,(H,25,27). The molecule has 4 rings (SSSR count). The first-order chi connectivity index (χ1) is 14.5. The van der Waals surface area contributed by atoms with Gasteiger partial charge in [0.15, 0.2) is 0 Å². The Morgan fingerprint density at radius 3 is 3.03 bits per heavy atom. The number of benzene rings is 1. The summed E-state index contributed by atoms with van der Waals surface area (Å²) < 4.78 is 5.23. The van der Waals surface area contributed by atoms with E-state index in [4.69, 9.17) is 27.8 Å². The van der Waals surface area contributed by atoms with Crippen molar-refractivity contribution in [1.29, 1.82) is 0 Å². The van der Waals surface area contributed by atoms with Gasteiger partial charge in [0.05, 0.1) is 12.3 Å². The molecule has 0 saturated heterocycles. The maximum atomic E-state index is 12.5. The number of nitrogens with zero attached hydrogens (tertiary/aromatic N) is 2. The Hall–Kier alpha value is -2.82. The molecule has 0 aliphatic carbocycles. The van der Waals surface area contributed by atoms with Gasteiger partial charge >= 0.3 is 6.09 Å². The number of ether oxygens (including phenoxy) is 1. The van der Waals surface area contributed by atoms with E-state index in [-0.39, 0.29) is 18.6 Å². The highest BCUT2D eigenvalue weighted by Crippen LogP contribution is 2.41. The van der Waals surface area contributed by atoms with Crippen molar-refractivity contribution >= 4 is 45.7 Å². The Bertz CT molecular complexity index is 1090. The molecule has 2 aliphatic rings. The molecule has 1 unspecified atom stereocenters. The molecule has 1 N–H and O–H groups in total. The summed E-state index contributed by atoms with van der Waals surface area (Å²) in [7, 11) is 0. The lowest BCUT2D eigenvalue weighted by Gasteiger charge is -2.26. The fraction of sp³-hybridized carbons (Fsp3) is 0.318. The smallest absolute Gasteiger partial charge is 0.410 e. The second-order valence-electron chi connectivity index (χ2n) is 7.07. The summed E-state index contributed by atoms with van der Waals surface area (Å²) in [4.78, 5) is 32.2. The van der Waals surface area contributed by atoms with Crippen LogP contribution in [0.15, 0.2) is 29.3 Å². The van der Waals surface area contributed by atoms with Gasteiger partial charge in [-0.15, -0.1) is 23.7 Å². The minimum atomic E-state index is -0.530. The molecule has 0 saturated carbocycles. The molecule has 2 amide bonds. The molecule has 1 atom stereocenters. The Labute approximate surface area is 183 Å². The van der Waals surface area contributed by atoms with Crippen molar-refractivity contribution in [3.05, 3.63) is 50.9 Å². The van der Waals surface area contributed by atoms with Gasteiger partial charge in [-0.3, -0.25) is 9.79 Å². The molecular weight excluding hydrogens is 422 g/mol. The number of thiophene rings is 1. The van der Waals surface area contributed by atoms with Crippen molar-refractivity contribution in [1.82, 2.24) is 4.90 Å². The largest absolute Gasteiger partial charge is 0.448 e. The molecule has 2 aliphatic heterocycles. The van der Waals surface area contributed by atoms with E-state index in [2.05, 4.69) is 11.2 Å². The molecule has 0 spiro atoms. The fourth-order valence-corrected chi connectivity index (χ4v) is 5.07. The van der Waals surface area contributed by atoms with Crippen molar-refractivity contribution in [2.24, 2.45) is 4.99 Å². The van der Waals surface area contributed by atoms with Crippen LogP contribution < -0.4 is 5.32 Å². The highest BCUT2D eigenvalue weighted by Gasteiger charge is 2.33. The van der Waals surface area contributed by atoms with Gasteiger partial charge in [0.2, 0.25) is 5.91 Å². The third-order valence-electron chi connectivity index (χ3n) is 5.09. The lowest BCUT2D eigenvalue weighted by molar-refractivity contribution is -0.116. The van der Waals surface area contributed by atoms with Crippen molar-refractivity contribution in [3.63, 3.8) is 0 Å². The van der Waals surface area contributed by atoms with E-state index < -0.39 is 6.04 Å². The number of fused-ring (bicyclic) bond motifs is 3. The van der Waals surface area contributed by atoms with Crippen LogP contribution in [0.2, 0.25) is 5.02 Å². The van der Waals surface area contributed by atoms with Gasteiger partial charge in [0.1, 0.15) is 17.6 Å². The Balaban J connectivity index is 1.71. The summed E-state index contributed by atoms with van der Waals surface area (Å²) in [5.41, 5.74) is 3.50. The lowest BCUT2D eigenvalue weighted by atomic mass is 9.95. The maximum Gasteiger partial charge on any atom is 0.410 e. The summed E-state index contributed by atoms with van der Waals surface area (Å²) in [6.07, 6.45) is 5.86. The first-order valence-electron chi connectivity index (χ1n) is 9.63. The van der Waals surface area contributed by atoms with E-state index in [0.29, 0.717) is 36.7 Å². The molecule has 1 aromatic heterocycles. The van der Waals surface area contributed by atoms with Gasteiger partial charge in [-0.2, -0.15) is 0 Å². The summed E-state index contributed by atoms with van der Waals surface area (Å²) >= 11 is 7.94. The van der Waals surface area contributed by atoms with Gasteiger partial charge in [-0.25, -0.2) is 4.79 Å². The number of anilines is 1. The molecule has 1 aromatic carbocycles. The summed E-state index contributed by atoms with van der Waals surface area (Å²) in [5.74, 6) is 2.29. The van der Waals surface area contributed by atoms with Crippen molar-refractivity contribution < 1.29 is 14.3 Å². The molecule has 3 heterocycles.